The number of nitro groups is 1. The summed E-state index contributed by atoms with van der Waals surface area (Å²) in [6.07, 6.45) is 5.01. The first-order valence-corrected chi connectivity index (χ1v) is 18.1. The highest BCUT2D eigenvalue weighted by molar-refractivity contribution is 9.10. The molecule has 0 bridgehead atoms. The van der Waals surface area contributed by atoms with Gasteiger partial charge in [-0.1, -0.05) is 102 Å². The van der Waals surface area contributed by atoms with E-state index in [0.29, 0.717) is 0 Å². The number of hydrogen-bond acceptors (Lipinski definition) is 6. The number of nitrogens with zero attached hydrogens (tertiary/aromatic N) is 3. The number of nitrogens with one attached hydrogen (secondary N) is 1. The van der Waals surface area contributed by atoms with Gasteiger partial charge in [-0.2, -0.15) is 0 Å². The first-order valence-electron chi connectivity index (χ1n) is 15.8. The summed E-state index contributed by atoms with van der Waals surface area (Å²) in [5, 5.41) is 14.9. The predicted molar refractivity (Wildman–Crippen MR) is 188 cm³/mol. The van der Waals surface area contributed by atoms with E-state index < -0.39 is 33.4 Å². The standard InChI is InChI=1S/C36H37BrN4O6S/c37-29-15-10-14-28(22-29)25-39(34(23-27-12-4-1-5-13-27)36(43)38-30-16-6-2-7-17-30)35(42)26-40(31-18-11-19-32(24-31)41(44)45)48(46,47)33-20-8-3-9-21-33/h1,3-5,8-15,18-22,24,30,34H,2,6-7,16-17,23,25-26H2,(H,38,43). The van der Waals surface area contributed by atoms with E-state index in [-0.39, 0.29) is 41.2 Å². The maximum absolute atomic E-state index is 14.6. The minimum atomic E-state index is -4.38. The van der Waals surface area contributed by atoms with Gasteiger partial charge in [-0.25, -0.2) is 8.42 Å². The zero-order chi connectivity index (χ0) is 34.1. The molecule has 48 heavy (non-hydrogen) atoms. The molecule has 250 valence electrons. The molecule has 0 aliphatic heterocycles. The van der Waals surface area contributed by atoms with Gasteiger partial charge in [0.2, 0.25) is 11.8 Å². The molecule has 1 aliphatic carbocycles. The first kappa shape index (κ1) is 34.8. The van der Waals surface area contributed by atoms with Crippen molar-refractivity contribution in [2.24, 2.45) is 0 Å². The van der Waals surface area contributed by atoms with Crippen molar-refractivity contribution in [2.75, 3.05) is 10.8 Å². The SMILES string of the molecule is O=C(NC1CCCCC1)C(Cc1ccccc1)N(Cc1cccc(Br)c1)C(=O)CN(c1cccc([N+](=O)[O-])c1)S(=O)(=O)c1ccccc1. The Bertz CT molecular complexity index is 1840. The van der Waals surface area contributed by atoms with E-state index in [1.54, 1.807) is 18.2 Å². The Kier molecular flexibility index (Phi) is 11.6. The quantitative estimate of drug-likeness (QED) is 0.121. The van der Waals surface area contributed by atoms with Crippen molar-refractivity contribution in [1.29, 1.82) is 0 Å². The molecule has 4 aromatic carbocycles. The molecule has 1 saturated carbocycles. The molecule has 1 unspecified atom stereocenters. The Morgan fingerprint density at radius 2 is 1.50 bits per heavy atom. The molecule has 12 heteroatoms. The maximum Gasteiger partial charge on any atom is 0.271 e. The molecule has 2 amide bonds. The highest BCUT2D eigenvalue weighted by Crippen LogP contribution is 2.28. The van der Waals surface area contributed by atoms with E-state index in [0.717, 1.165) is 58.1 Å². The second-order valence-corrected chi connectivity index (χ2v) is 14.6. The van der Waals surface area contributed by atoms with Crippen LogP contribution in [-0.4, -0.2) is 48.7 Å². The van der Waals surface area contributed by atoms with Crippen LogP contribution in [0.5, 0.6) is 0 Å². The molecular formula is C36H37BrN4O6S. The van der Waals surface area contributed by atoms with Crippen molar-refractivity contribution >= 4 is 49.1 Å². The van der Waals surface area contributed by atoms with Gasteiger partial charge in [-0.3, -0.25) is 24.0 Å². The summed E-state index contributed by atoms with van der Waals surface area (Å²) in [6.45, 7) is -0.684. The number of rotatable bonds is 13. The van der Waals surface area contributed by atoms with Crippen LogP contribution in [0.1, 0.15) is 43.2 Å². The lowest BCUT2D eigenvalue weighted by Crippen LogP contribution is -2.55. The summed E-state index contributed by atoms with van der Waals surface area (Å²) in [5.74, 6) is -0.956. The van der Waals surface area contributed by atoms with Gasteiger partial charge in [0, 0.05) is 35.6 Å². The summed E-state index contributed by atoms with van der Waals surface area (Å²) in [5.41, 5.74) is 1.19. The molecule has 0 radical (unpaired) electrons. The van der Waals surface area contributed by atoms with E-state index in [1.807, 2.05) is 54.6 Å². The number of non-ortho nitro benzene ring substituents is 1. The van der Waals surface area contributed by atoms with Crippen LogP contribution in [0.25, 0.3) is 0 Å². The zero-order valence-corrected chi connectivity index (χ0v) is 28.7. The summed E-state index contributed by atoms with van der Waals surface area (Å²) in [6, 6.07) is 28.5. The second kappa shape index (κ2) is 16.0. The van der Waals surface area contributed by atoms with Gasteiger partial charge in [0.15, 0.2) is 0 Å². The topological polar surface area (TPSA) is 130 Å². The Hall–Kier alpha value is -4.55. The van der Waals surface area contributed by atoms with Crippen LogP contribution < -0.4 is 9.62 Å². The zero-order valence-electron chi connectivity index (χ0n) is 26.3. The fourth-order valence-electron chi connectivity index (χ4n) is 5.94. The predicted octanol–water partition coefficient (Wildman–Crippen LogP) is 6.64. The van der Waals surface area contributed by atoms with Gasteiger partial charge in [0.05, 0.1) is 15.5 Å². The van der Waals surface area contributed by atoms with Crippen LogP contribution in [0.3, 0.4) is 0 Å². The number of benzene rings is 4. The van der Waals surface area contributed by atoms with Crippen LogP contribution in [-0.2, 0) is 32.6 Å². The first-order chi connectivity index (χ1) is 23.1. The van der Waals surface area contributed by atoms with E-state index in [2.05, 4.69) is 21.2 Å². The highest BCUT2D eigenvalue weighted by atomic mass is 79.9. The molecule has 0 aromatic heterocycles. The minimum absolute atomic E-state index is 0.0159. The summed E-state index contributed by atoms with van der Waals surface area (Å²) < 4.78 is 29.9. The maximum atomic E-state index is 14.6. The number of hydrogen-bond donors (Lipinski definition) is 1. The monoisotopic (exact) mass is 732 g/mol. The van der Waals surface area contributed by atoms with Crippen LogP contribution in [0, 0.1) is 10.1 Å². The van der Waals surface area contributed by atoms with Gasteiger partial charge >= 0.3 is 0 Å². The largest absolute Gasteiger partial charge is 0.352 e. The molecule has 0 saturated heterocycles. The number of amides is 2. The number of nitro benzene ring substituents is 1. The van der Waals surface area contributed by atoms with Crippen molar-refractivity contribution in [3.8, 4) is 0 Å². The van der Waals surface area contributed by atoms with Crippen LogP contribution in [0.2, 0.25) is 0 Å². The van der Waals surface area contributed by atoms with Gasteiger partial charge in [0.25, 0.3) is 15.7 Å². The van der Waals surface area contributed by atoms with Crippen molar-refractivity contribution in [3.05, 3.63) is 135 Å². The molecular weight excluding hydrogens is 696 g/mol. The smallest absolute Gasteiger partial charge is 0.271 e. The third kappa shape index (κ3) is 8.87. The van der Waals surface area contributed by atoms with Gasteiger partial charge < -0.3 is 10.2 Å². The van der Waals surface area contributed by atoms with E-state index in [4.69, 9.17) is 0 Å². The lowest BCUT2D eigenvalue weighted by Gasteiger charge is -2.35. The molecule has 4 aromatic rings. The minimum Gasteiger partial charge on any atom is -0.352 e. The fourth-order valence-corrected chi connectivity index (χ4v) is 7.81. The lowest BCUT2D eigenvalue weighted by molar-refractivity contribution is -0.384. The number of carbonyl (C=O) groups excluding carboxylic acids is 2. The molecule has 5 rings (SSSR count). The Balaban J connectivity index is 1.58. The third-order valence-corrected chi connectivity index (χ3v) is 10.7. The summed E-state index contributed by atoms with van der Waals surface area (Å²) in [4.78, 5) is 41.2. The van der Waals surface area contributed by atoms with Gasteiger partial charge in [-0.15, -0.1) is 0 Å². The van der Waals surface area contributed by atoms with Crippen LogP contribution in [0.15, 0.2) is 119 Å². The van der Waals surface area contributed by atoms with Gasteiger partial charge in [0.1, 0.15) is 12.6 Å². The Morgan fingerprint density at radius 3 is 2.17 bits per heavy atom. The average Bonchev–Trinajstić information content (AvgIpc) is 3.10. The molecule has 10 nitrogen and oxygen atoms in total. The third-order valence-electron chi connectivity index (χ3n) is 8.40. The molecule has 1 N–H and O–H groups in total. The average molecular weight is 734 g/mol. The number of anilines is 1. The van der Waals surface area contributed by atoms with Crippen molar-refractivity contribution < 1.29 is 22.9 Å². The molecule has 0 heterocycles. The molecule has 1 fully saturated rings. The molecule has 1 atom stereocenters. The molecule has 1 aliphatic rings. The summed E-state index contributed by atoms with van der Waals surface area (Å²) in [7, 11) is -4.38. The Morgan fingerprint density at radius 1 is 0.854 bits per heavy atom. The van der Waals surface area contributed by atoms with Crippen LogP contribution >= 0.6 is 15.9 Å². The van der Waals surface area contributed by atoms with Gasteiger partial charge in [-0.05, 0) is 54.3 Å². The fraction of sp³-hybridized carbons (Fsp3) is 0.278. The molecule has 0 spiro atoms. The lowest BCUT2D eigenvalue weighted by atomic mass is 9.94. The van der Waals surface area contributed by atoms with Crippen molar-refractivity contribution in [1.82, 2.24) is 10.2 Å². The highest BCUT2D eigenvalue weighted by Gasteiger charge is 2.35. The van der Waals surface area contributed by atoms with Crippen molar-refractivity contribution in [2.45, 2.75) is 62.0 Å². The summed E-state index contributed by atoms with van der Waals surface area (Å²) >= 11 is 3.49. The number of halogens is 1. The van der Waals surface area contributed by atoms with Crippen molar-refractivity contribution in [3.63, 3.8) is 0 Å². The van der Waals surface area contributed by atoms with Crippen LogP contribution in [0.4, 0.5) is 11.4 Å². The van der Waals surface area contributed by atoms with E-state index in [9.17, 15) is 28.1 Å². The number of carbonyl (C=O) groups is 2. The number of sulfonamides is 1. The Labute approximate surface area is 289 Å². The van der Waals surface area contributed by atoms with E-state index >= 15 is 0 Å². The van der Waals surface area contributed by atoms with E-state index in [1.165, 1.54) is 35.2 Å². The second-order valence-electron chi connectivity index (χ2n) is 11.8. The normalized spacial score (nSPS) is 14.1.